The molecule has 0 saturated carbocycles. The normalized spacial score (nSPS) is 44.1. The van der Waals surface area contributed by atoms with E-state index in [0.29, 0.717) is 0 Å². The number of ether oxygens (including phenoxy) is 4. The van der Waals surface area contributed by atoms with Gasteiger partial charge in [0, 0.05) is 7.11 Å². The lowest BCUT2D eigenvalue weighted by atomic mass is 10.0. The minimum absolute atomic E-state index is 0.0844. The van der Waals surface area contributed by atoms with Gasteiger partial charge in [0.05, 0.1) is 0 Å². The highest BCUT2D eigenvalue weighted by molar-refractivity contribution is 5.88. The van der Waals surface area contributed by atoms with Crippen LogP contribution in [-0.2, 0) is 23.7 Å². The Balaban J connectivity index is 2.22. The van der Waals surface area contributed by atoms with Crippen molar-refractivity contribution in [3.8, 4) is 0 Å². The molecule has 0 bridgehead atoms. The zero-order valence-electron chi connectivity index (χ0n) is 9.35. The maximum absolute atomic E-state index is 11.8. The standard InChI is InChI=1S/C10H16O5/c1-5-6(11)7-8(9(12-4)13-5)15-10(2,3)14-7/h5,7-9H,1-4H3/t5-,7+,8+,9-/m0/s1. The fourth-order valence-electron chi connectivity index (χ4n) is 1.98. The molecule has 0 aromatic carbocycles. The number of fused-ring (bicyclic) bond motifs is 1. The minimum Gasteiger partial charge on any atom is -0.353 e. The van der Waals surface area contributed by atoms with E-state index in [9.17, 15) is 4.79 Å². The highest BCUT2D eigenvalue weighted by Gasteiger charge is 2.54. The van der Waals surface area contributed by atoms with E-state index in [4.69, 9.17) is 18.9 Å². The first-order valence-corrected chi connectivity index (χ1v) is 5.02. The van der Waals surface area contributed by atoms with E-state index in [0.717, 1.165) is 0 Å². The molecule has 0 aliphatic carbocycles. The Morgan fingerprint density at radius 1 is 1.33 bits per heavy atom. The molecule has 4 atom stereocenters. The van der Waals surface area contributed by atoms with E-state index in [1.807, 2.05) is 0 Å². The second kappa shape index (κ2) is 3.52. The van der Waals surface area contributed by atoms with E-state index in [1.54, 1.807) is 20.8 Å². The Morgan fingerprint density at radius 3 is 2.60 bits per heavy atom. The van der Waals surface area contributed by atoms with Crippen molar-refractivity contribution in [3.05, 3.63) is 0 Å². The lowest BCUT2D eigenvalue weighted by Crippen LogP contribution is -2.53. The molecule has 2 rings (SSSR count). The molecular weight excluding hydrogens is 200 g/mol. The van der Waals surface area contributed by atoms with Crippen LogP contribution in [0.25, 0.3) is 0 Å². The van der Waals surface area contributed by atoms with Crippen LogP contribution in [0.1, 0.15) is 20.8 Å². The summed E-state index contributed by atoms with van der Waals surface area (Å²) in [5.74, 6) is -0.839. The molecule has 2 aliphatic heterocycles. The van der Waals surface area contributed by atoms with Crippen LogP contribution in [0.15, 0.2) is 0 Å². The maximum Gasteiger partial charge on any atom is 0.193 e. The predicted molar refractivity (Wildman–Crippen MR) is 50.2 cm³/mol. The van der Waals surface area contributed by atoms with E-state index in [1.165, 1.54) is 7.11 Å². The molecule has 15 heavy (non-hydrogen) atoms. The monoisotopic (exact) mass is 216 g/mol. The van der Waals surface area contributed by atoms with Gasteiger partial charge < -0.3 is 18.9 Å². The second-order valence-electron chi connectivity index (χ2n) is 4.31. The number of rotatable bonds is 1. The molecule has 0 radical (unpaired) electrons. The van der Waals surface area contributed by atoms with Gasteiger partial charge in [-0.1, -0.05) is 0 Å². The first-order chi connectivity index (χ1) is 6.94. The highest BCUT2D eigenvalue weighted by Crippen LogP contribution is 2.35. The molecule has 5 heteroatoms. The fraction of sp³-hybridized carbons (Fsp3) is 0.900. The van der Waals surface area contributed by atoms with Gasteiger partial charge in [-0.2, -0.15) is 0 Å². The van der Waals surface area contributed by atoms with Crippen LogP contribution in [0.4, 0.5) is 0 Å². The van der Waals surface area contributed by atoms with E-state index < -0.39 is 30.4 Å². The van der Waals surface area contributed by atoms with Crippen LogP contribution in [0.5, 0.6) is 0 Å². The lowest BCUT2D eigenvalue weighted by molar-refractivity contribution is -0.232. The fourth-order valence-corrected chi connectivity index (χ4v) is 1.98. The number of hydrogen-bond acceptors (Lipinski definition) is 5. The first kappa shape index (κ1) is 11.0. The third kappa shape index (κ3) is 1.80. The van der Waals surface area contributed by atoms with Crippen molar-refractivity contribution in [1.29, 1.82) is 0 Å². The van der Waals surface area contributed by atoms with Crippen LogP contribution in [-0.4, -0.2) is 43.3 Å². The van der Waals surface area contributed by atoms with Crippen molar-refractivity contribution in [1.82, 2.24) is 0 Å². The summed E-state index contributed by atoms with van der Waals surface area (Å²) in [5, 5.41) is 0. The quantitative estimate of drug-likeness (QED) is 0.637. The van der Waals surface area contributed by atoms with Crippen LogP contribution >= 0.6 is 0 Å². The number of Topliss-reactive ketones (excluding diaryl/α,β-unsaturated/α-hetero) is 1. The third-order valence-corrected chi connectivity index (χ3v) is 2.65. The predicted octanol–water partition coefficient (Wildman–Crippen LogP) is 0.467. The molecule has 2 fully saturated rings. The number of hydrogen-bond donors (Lipinski definition) is 0. The van der Waals surface area contributed by atoms with Gasteiger partial charge in [0.25, 0.3) is 0 Å². The van der Waals surface area contributed by atoms with Gasteiger partial charge >= 0.3 is 0 Å². The summed E-state index contributed by atoms with van der Waals surface area (Å²) in [7, 11) is 1.53. The third-order valence-electron chi connectivity index (χ3n) is 2.65. The van der Waals surface area contributed by atoms with Gasteiger partial charge in [-0.05, 0) is 20.8 Å². The van der Waals surface area contributed by atoms with Crippen molar-refractivity contribution in [2.75, 3.05) is 7.11 Å². The van der Waals surface area contributed by atoms with Gasteiger partial charge in [0.1, 0.15) is 12.2 Å². The number of carbonyl (C=O) groups excluding carboxylic acids is 1. The Bertz CT molecular complexity index is 275. The number of carbonyl (C=O) groups is 1. The molecule has 0 spiro atoms. The summed E-state index contributed by atoms with van der Waals surface area (Å²) < 4.78 is 21.6. The molecule has 0 aromatic rings. The van der Waals surface area contributed by atoms with E-state index in [2.05, 4.69) is 0 Å². The Labute approximate surface area is 88.6 Å². The SMILES string of the molecule is CO[C@H]1O[C@@H](C)C(=O)[C@H]2OC(C)(C)O[C@@H]12. The van der Waals surface area contributed by atoms with Gasteiger partial charge in [0.15, 0.2) is 24.0 Å². The van der Waals surface area contributed by atoms with Crippen molar-refractivity contribution in [3.63, 3.8) is 0 Å². The topological polar surface area (TPSA) is 54.0 Å². The minimum atomic E-state index is -0.755. The molecule has 2 aliphatic rings. The Hall–Kier alpha value is -0.490. The lowest BCUT2D eigenvalue weighted by Gasteiger charge is -2.32. The van der Waals surface area contributed by atoms with Gasteiger partial charge in [0.2, 0.25) is 0 Å². The van der Waals surface area contributed by atoms with Crippen LogP contribution in [0.3, 0.4) is 0 Å². The summed E-state index contributed by atoms with van der Waals surface area (Å²) in [6.45, 7) is 5.24. The molecule has 5 nitrogen and oxygen atoms in total. The summed E-state index contributed by atoms with van der Waals surface area (Å²) in [6.07, 6.45) is -2.08. The molecule has 2 saturated heterocycles. The van der Waals surface area contributed by atoms with Gasteiger partial charge in [-0.3, -0.25) is 4.79 Å². The van der Waals surface area contributed by atoms with Crippen molar-refractivity contribution < 1.29 is 23.7 Å². The number of ketones is 1. The van der Waals surface area contributed by atoms with Crippen molar-refractivity contribution >= 4 is 5.78 Å². The second-order valence-corrected chi connectivity index (χ2v) is 4.31. The molecule has 0 N–H and O–H groups in total. The summed E-state index contributed by atoms with van der Waals surface area (Å²) >= 11 is 0. The molecule has 0 amide bonds. The average molecular weight is 216 g/mol. The van der Waals surface area contributed by atoms with E-state index >= 15 is 0 Å². The zero-order valence-corrected chi connectivity index (χ0v) is 9.35. The van der Waals surface area contributed by atoms with Crippen LogP contribution < -0.4 is 0 Å². The van der Waals surface area contributed by atoms with E-state index in [-0.39, 0.29) is 5.78 Å². The Morgan fingerprint density at radius 2 is 2.00 bits per heavy atom. The van der Waals surface area contributed by atoms with Gasteiger partial charge in [-0.25, -0.2) is 0 Å². The van der Waals surface area contributed by atoms with Crippen molar-refractivity contribution in [2.45, 2.75) is 51.2 Å². The maximum atomic E-state index is 11.8. The summed E-state index contributed by atoms with van der Waals surface area (Å²) in [5.41, 5.74) is 0. The summed E-state index contributed by atoms with van der Waals surface area (Å²) in [6, 6.07) is 0. The number of methoxy groups -OCH3 is 1. The molecular formula is C10H16O5. The average Bonchev–Trinajstić information content (AvgIpc) is 2.48. The first-order valence-electron chi connectivity index (χ1n) is 5.02. The molecule has 0 unspecified atom stereocenters. The zero-order chi connectivity index (χ0) is 11.2. The van der Waals surface area contributed by atoms with Gasteiger partial charge in [-0.15, -0.1) is 0 Å². The smallest absolute Gasteiger partial charge is 0.193 e. The summed E-state index contributed by atoms with van der Waals surface area (Å²) in [4.78, 5) is 11.8. The largest absolute Gasteiger partial charge is 0.353 e. The molecule has 2 heterocycles. The molecule has 86 valence electrons. The Kier molecular flexibility index (Phi) is 2.58. The highest BCUT2D eigenvalue weighted by atomic mass is 16.8. The van der Waals surface area contributed by atoms with Crippen LogP contribution in [0, 0.1) is 0 Å². The van der Waals surface area contributed by atoms with Crippen LogP contribution in [0.2, 0.25) is 0 Å². The van der Waals surface area contributed by atoms with Crippen molar-refractivity contribution in [2.24, 2.45) is 0 Å². The molecule has 0 aromatic heterocycles.